The van der Waals surface area contributed by atoms with Gasteiger partial charge >= 0.3 is 5.97 Å². The van der Waals surface area contributed by atoms with Crippen LogP contribution in [0.1, 0.15) is 18.6 Å². The van der Waals surface area contributed by atoms with E-state index in [-0.39, 0.29) is 6.61 Å². The Kier molecular flexibility index (Phi) is 6.36. The van der Waals surface area contributed by atoms with E-state index in [9.17, 15) is 4.79 Å². The number of benzene rings is 1. The van der Waals surface area contributed by atoms with Gasteiger partial charge in [0.1, 0.15) is 0 Å². The van der Waals surface area contributed by atoms with Crippen molar-refractivity contribution in [2.75, 3.05) is 6.61 Å². The molecule has 0 radical (unpaired) electrons. The molecular weight excluding hydrogens is 184 g/mol. The zero-order valence-electron chi connectivity index (χ0n) is 7.92. The minimum atomic E-state index is -1.41. The van der Waals surface area contributed by atoms with Crippen molar-refractivity contribution in [2.24, 2.45) is 0 Å². The van der Waals surface area contributed by atoms with Crippen LogP contribution in [0.3, 0.4) is 0 Å². The minimum absolute atomic E-state index is 0.250. The molecule has 0 aliphatic heterocycles. The van der Waals surface area contributed by atoms with Crippen LogP contribution in [-0.4, -0.2) is 27.9 Å². The molecular formula is C10H14O4. The van der Waals surface area contributed by atoms with Crippen molar-refractivity contribution in [3.8, 4) is 0 Å². The summed E-state index contributed by atoms with van der Waals surface area (Å²) in [6, 6.07) is 8.26. The highest BCUT2D eigenvalue weighted by atomic mass is 16.4. The summed E-state index contributed by atoms with van der Waals surface area (Å²) in [5.41, 5.74) is 0.403. The molecule has 0 fully saturated rings. The van der Waals surface area contributed by atoms with E-state index in [0.29, 0.717) is 5.56 Å². The second-order valence-corrected chi connectivity index (χ2v) is 2.47. The summed E-state index contributed by atoms with van der Waals surface area (Å²) in [7, 11) is 0. The molecule has 0 bridgehead atoms. The van der Waals surface area contributed by atoms with Crippen LogP contribution in [0.2, 0.25) is 0 Å². The number of hydrogen-bond donors (Lipinski definition) is 3. The van der Waals surface area contributed by atoms with Gasteiger partial charge in [-0.3, -0.25) is 0 Å². The van der Waals surface area contributed by atoms with Gasteiger partial charge in [0.2, 0.25) is 0 Å². The first-order valence-electron chi connectivity index (χ1n) is 4.20. The highest BCUT2D eigenvalue weighted by Crippen LogP contribution is 2.10. The highest BCUT2D eigenvalue weighted by Gasteiger charge is 2.14. The van der Waals surface area contributed by atoms with Gasteiger partial charge in [-0.15, -0.1) is 0 Å². The lowest BCUT2D eigenvalue weighted by molar-refractivity contribution is -0.146. The number of carboxylic acid groups (broad SMARTS) is 1. The van der Waals surface area contributed by atoms with Crippen LogP contribution >= 0.6 is 0 Å². The molecule has 1 aromatic carbocycles. The molecule has 1 rings (SSSR count). The Balaban J connectivity index is 0.000000500. The van der Waals surface area contributed by atoms with E-state index in [2.05, 4.69) is 0 Å². The fourth-order valence-electron chi connectivity index (χ4n) is 0.778. The van der Waals surface area contributed by atoms with E-state index < -0.39 is 12.1 Å². The quantitative estimate of drug-likeness (QED) is 0.657. The van der Waals surface area contributed by atoms with Gasteiger partial charge in [0, 0.05) is 6.61 Å². The summed E-state index contributed by atoms with van der Waals surface area (Å²) < 4.78 is 0. The molecule has 1 unspecified atom stereocenters. The predicted octanol–water partition coefficient (Wildman–Crippen LogP) is 0.803. The van der Waals surface area contributed by atoms with Gasteiger partial charge < -0.3 is 15.3 Å². The van der Waals surface area contributed by atoms with Crippen molar-refractivity contribution < 1.29 is 20.1 Å². The molecule has 4 nitrogen and oxygen atoms in total. The molecule has 0 spiro atoms. The third-order valence-electron chi connectivity index (χ3n) is 1.35. The molecule has 14 heavy (non-hydrogen) atoms. The molecule has 4 heteroatoms. The topological polar surface area (TPSA) is 77.8 Å². The lowest BCUT2D eigenvalue weighted by Gasteiger charge is -2.03. The Morgan fingerprint density at radius 1 is 1.36 bits per heavy atom. The first kappa shape index (κ1) is 12.6. The Morgan fingerprint density at radius 2 is 1.79 bits per heavy atom. The normalized spacial score (nSPS) is 11.1. The van der Waals surface area contributed by atoms with E-state index in [0.717, 1.165) is 0 Å². The molecule has 78 valence electrons. The van der Waals surface area contributed by atoms with E-state index in [1.54, 1.807) is 37.3 Å². The largest absolute Gasteiger partial charge is 0.479 e. The number of aliphatic hydroxyl groups excluding tert-OH is 2. The summed E-state index contributed by atoms with van der Waals surface area (Å²) >= 11 is 0. The van der Waals surface area contributed by atoms with Crippen molar-refractivity contribution >= 4 is 5.97 Å². The number of carboxylic acids is 1. The predicted molar refractivity (Wildman–Crippen MR) is 51.8 cm³/mol. The first-order valence-corrected chi connectivity index (χ1v) is 4.20. The van der Waals surface area contributed by atoms with Gasteiger partial charge in [0.15, 0.2) is 6.10 Å². The van der Waals surface area contributed by atoms with Gasteiger partial charge in [-0.25, -0.2) is 4.79 Å². The fourth-order valence-corrected chi connectivity index (χ4v) is 0.778. The molecule has 1 atom stereocenters. The molecule has 0 aliphatic rings. The maximum absolute atomic E-state index is 10.2. The molecule has 0 amide bonds. The number of aliphatic hydroxyl groups is 2. The Hall–Kier alpha value is -1.39. The zero-order chi connectivity index (χ0) is 11.0. The van der Waals surface area contributed by atoms with Crippen molar-refractivity contribution in [1.82, 2.24) is 0 Å². The van der Waals surface area contributed by atoms with E-state index >= 15 is 0 Å². The zero-order valence-corrected chi connectivity index (χ0v) is 7.92. The molecule has 0 saturated heterocycles. The summed E-state index contributed by atoms with van der Waals surface area (Å²) in [6.45, 7) is 1.93. The van der Waals surface area contributed by atoms with Crippen LogP contribution in [0.5, 0.6) is 0 Å². The SMILES string of the molecule is CCO.O=C(O)C(O)c1ccccc1. The van der Waals surface area contributed by atoms with Gasteiger partial charge in [-0.05, 0) is 12.5 Å². The van der Waals surface area contributed by atoms with Crippen molar-refractivity contribution in [3.05, 3.63) is 35.9 Å². The molecule has 0 aromatic heterocycles. The van der Waals surface area contributed by atoms with E-state index in [4.69, 9.17) is 15.3 Å². The lowest BCUT2D eigenvalue weighted by atomic mass is 10.1. The Bertz CT molecular complexity index is 258. The molecule has 0 saturated carbocycles. The van der Waals surface area contributed by atoms with Crippen LogP contribution in [0.4, 0.5) is 0 Å². The third kappa shape index (κ3) is 4.59. The van der Waals surface area contributed by atoms with Crippen LogP contribution in [-0.2, 0) is 4.79 Å². The molecule has 1 aromatic rings. The first-order chi connectivity index (χ1) is 6.63. The number of rotatable bonds is 2. The third-order valence-corrected chi connectivity index (χ3v) is 1.35. The summed E-state index contributed by atoms with van der Waals surface area (Å²) in [5.74, 6) is -1.23. The Labute approximate surface area is 82.4 Å². The van der Waals surface area contributed by atoms with Gasteiger partial charge in [-0.2, -0.15) is 0 Å². The van der Waals surface area contributed by atoms with Gasteiger partial charge in [-0.1, -0.05) is 30.3 Å². The lowest BCUT2D eigenvalue weighted by Crippen LogP contribution is -2.09. The molecule has 0 heterocycles. The van der Waals surface area contributed by atoms with Gasteiger partial charge in [0.25, 0.3) is 0 Å². The second-order valence-electron chi connectivity index (χ2n) is 2.47. The average molecular weight is 198 g/mol. The van der Waals surface area contributed by atoms with Crippen LogP contribution in [0.15, 0.2) is 30.3 Å². The minimum Gasteiger partial charge on any atom is -0.479 e. The van der Waals surface area contributed by atoms with Crippen LogP contribution in [0.25, 0.3) is 0 Å². The summed E-state index contributed by atoms with van der Waals surface area (Å²) in [4.78, 5) is 10.2. The highest BCUT2D eigenvalue weighted by molar-refractivity contribution is 5.73. The molecule has 0 aliphatic carbocycles. The van der Waals surface area contributed by atoms with Crippen molar-refractivity contribution in [1.29, 1.82) is 0 Å². The second kappa shape index (κ2) is 7.06. The van der Waals surface area contributed by atoms with Gasteiger partial charge in [0.05, 0.1) is 0 Å². The number of carbonyl (C=O) groups is 1. The van der Waals surface area contributed by atoms with Crippen LogP contribution in [0, 0.1) is 0 Å². The standard InChI is InChI=1S/C8H8O3.C2H6O/c9-7(8(10)11)6-4-2-1-3-5-6;1-2-3/h1-5,7,9H,(H,10,11);3H,2H2,1H3. The summed E-state index contributed by atoms with van der Waals surface area (Å²) in [5, 5.41) is 25.0. The van der Waals surface area contributed by atoms with E-state index in [1.807, 2.05) is 0 Å². The van der Waals surface area contributed by atoms with E-state index in [1.165, 1.54) is 0 Å². The van der Waals surface area contributed by atoms with Crippen LogP contribution < -0.4 is 0 Å². The van der Waals surface area contributed by atoms with Crippen molar-refractivity contribution in [2.45, 2.75) is 13.0 Å². The monoisotopic (exact) mass is 198 g/mol. The summed E-state index contributed by atoms with van der Waals surface area (Å²) in [6.07, 6.45) is -1.41. The number of aliphatic carboxylic acids is 1. The maximum atomic E-state index is 10.2. The fraction of sp³-hybridized carbons (Fsp3) is 0.300. The number of hydrogen-bond acceptors (Lipinski definition) is 3. The average Bonchev–Trinajstić information content (AvgIpc) is 2.19. The maximum Gasteiger partial charge on any atom is 0.337 e. The van der Waals surface area contributed by atoms with Crippen molar-refractivity contribution in [3.63, 3.8) is 0 Å². The Morgan fingerprint density at radius 3 is 2.14 bits per heavy atom. The smallest absolute Gasteiger partial charge is 0.337 e. The molecule has 3 N–H and O–H groups in total.